The third-order valence-corrected chi connectivity index (χ3v) is 2.57. The fraction of sp³-hybridized carbons (Fsp3) is 0.273. The van der Waals surface area contributed by atoms with E-state index in [-0.39, 0.29) is 5.56 Å². The molecule has 2 rings (SSSR count). The Balaban J connectivity index is 2.91. The van der Waals surface area contributed by atoms with Crippen LogP contribution in [0.5, 0.6) is 0 Å². The number of hydrogen-bond donors (Lipinski definition) is 1. The van der Waals surface area contributed by atoms with Gasteiger partial charge >= 0.3 is 0 Å². The highest BCUT2D eigenvalue weighted by Crippen LogP contribution is 2.19. The maximum atomic E-state index is 11.8. The van der Waals surface area contributed by atoms with Crippen molar-refractivity contribution in [3.63, 3.8) is 0 Å². The second-order valence-corrected chi connectivity index (χ2v) is 3.92. The molecule has 0 fully saturated rings. The smallest absolute Gasteiger partial charge is 0.259 e. The predicted molar refractivity (Wildman–Crippen MR) is 61.5 cm³/mol. The summed E-state index contributed by atoms with van der Waals surface area (Å²) in [6.07, 6.45) is 0.705. The number of aromatic nitrogens is 2. The lowest BCUT2D eigenvalue weighted by Crippen LogP contribution is -2.12. The molecule has 1 N–H and O–H groups in total. The quantitative estimate of drug-likeness (QED) is 0.806. The molecule has 1 aromatic heterocycles. The van der Waals surface area contributed by atoms with Gasteiger partial charge in [0.15, 0.2) is 0 Å². The molecule has 0 saturated heterocycles. The van der Waals surface area contributed by atoms with Gasteiger partial charge in [-0.2, -0.15) is 0 Å². The monoisotopic (exact) mass is 222 g/mol. The number of nitrogens with zero attached hydrogens (tertiary/aromatic N) is 1. The van der Waals surface area contributed by atoms with Crippen LogP contribution in [0.3, 0.4) is 0 Å². The van der Waals surface area contributed by atoms with E-state index in [0.29, 0.717) is 28.2 Å². The summed E-state index contributed by atoms with van der Waals surface area (Å²) in [5.74, 6) is 0.689. The number of aryl methyl sites for hydroxylation is 2. The van der Waals surface area contributed by atoms with E-state index in [2.05, 4.69) is 9.97 Å². The highest BCUT2D eigenvalue weighted by molar-refractivity contribution is 6.31. The molecule has 15 heavy (non-hydrogen) atoms. The molecule has 0 unspecified atom stereocenters. The van der Waals surface area contributed by atoms with Crippen molar-refractivity contribution in [1.29, 1.82) is 0 Å². The predicted octanol–water partition coefficient (Wildman–Crippen LogP) is 2.45. The van der Waals surface area contributed by atoms with E-state index in [9.17, 15) is 4.79 Å². The molecule has 78 valence electrons. The van der Waals surface area contributed by atoms with Crippen LogP contribution in [0.4, 0.5) is 0 Å². The van der Waals surface area contributed by atoms with Crippen LogP contribution in [-0.2, 0) is 6.42 Å². The van der Waals surface area contributed by atoms with Crippen LogP contribution in [-0.4, -0.2) is 9.97 Å². The van der Waals surface area contributed by atoms with Gasteiger partial charge in [-0.1, -0.05) is 18.5 Å². The zero-order valence-electron chi connectivity index (χ0n) is 8.60. The number of benzene rings is 1. The average molecular weight is 223 g/mol. The summed E-state index contributed by atoms with van der Waals surface area (Å²) in [5, 5.41) is 1.23. The van der Waals surface area contributed by atoms with E-state index in [0.717, 1.165) is 5.56 Å². The van der Waals surface area contributed by atoms with Crippen molar-refractivity contribution >= 4 is 22.5 Å². The molecule has 4 heteroatoms. The molecule has 1 heterocycles. The summed E-state index contributed by atoms with van der Waals surface area (Å²) in [7, 11) is 0. The third-order valence-electron chi connectivity index (χ3n) is 2.35. The molecule has 0 radical (unpaired) electrons. The number of H-pyrrole nitrogens is 1. The van der Waals surface area contributed by atoms with Gasteiger partial charge in [0.25, 0.3) is 5.56 Å². The molecule has 0 aliphatic rings. The Morgan fingerprint density at radius 3 is 2.87 bits per heavy atom. The molecule has 0 saturated carbocycles. The van der Waals surface area contributed by atoms with Crippen LogP contribution in [0.25, 0.3) is 10.9 Å². The van der Waals surface area contributed by atoms with E-state index in [1.807, 2.05) is 13.8 Å². The summed E-state index contributed by atoms with van der Waals surface area (Å²) in [4.78, 5) is 18.8. The van der Waals surface area contributed by atoms with Crippen molar-refractivity contribution in [2.45, 2.75) is 20.3 Å². The van der Waals surface area contributed by atoms with E-state index in [1.165, 1.54) is 0 Å². The molecular formula is C11H11ClN2O. The second-order valence-electron chi connectivity index (χ2n) is 3.48. The number of fused-ring (bicyclic) bond motifs is 1. The zero-order chi connectivity index (χ0) is 11.0. The lowest BCUT2D eigenvalue weighted by atomic mass is 10.1. The highest BCUT2D eigenvalue weighted by Gasteiger charge is 2.06. The Bertz CT molecular complexity index is 575. The maximum absolute atomic E-state index is 11.8. The van der Waals surface area contributed by atoms with E-state index >= 15 is 0 Å². The summed E-state index contributed by atoms with van der Waals surface area (Å²) >= 11 is 5.92. The van der Waals surface area contributed by atoms with Crippen LogP contribution < -0.4 is 5.56 Å². The van der Waals surface area contributed by atoms with Gasteiger partial charge in [-0.3, -0.25) is 4.79 Å². The maximum Gasteiger partial charge on any atom is 0.259 e. The van der Waals surface area contributed by atoms with Crippen molar-refractivity contribution in [2.75, 3.05) is 0 Å². The summed E-state index contributed by atoms with van der Waals surface area (Å²) in [6, 6.07) is 3.49. The molecular weight excluding hydrogens is 212 g/mol. The van der Waals surface area contributed by atoms with Crippen molar-refractivity contribution in [2.24, 2.45) is 0 Å². The standard InChI is InChI=1S/C11H11ClN2O/c1-3-9-13-8-5-7(12)4-6(2)10(8)11(15)14-9/h4-5H,3H2,1-2H3,(H,13,14,15). The number of nitrogens with one attached hydrogen (secondary N) is 1. The first kappa shape index (κ1) is 10.2. The van der Waals surface area contributed by atoms with Crippen LogP contribution in [0.2, 0.25) is 5.02 Å². The summed E-state index contributed by atoms with van der Waals surface area (Å²) < 4.78 is 0. The molecule has 0 amide bonds. The lowest BCUT2D eigenvalue weighted by Gasteiger charge is -2.03. The number of rotatable bonds is 1. The highest BCUT2D eigenvalue weighted by atomic mass is 35.5. The van der Waals surface area contributed by atoms with Crippen LogP contribution >= 0.6 is 11.6 Å². The topological polar surface area (TPSA) is 45.8 Å². The Morgan fingerprint density at radius 2 is 2.20 bits per heavy atom. The first-order valence-electron chi connectivity index (χ1n) is 4.81. The Labute approximate surface area is 92.1 Å². The van der Waals surface area contributed by atoms with Crippen LogP contribution in [0.1, 0.15) is 18.3 Å². The zero-order valence-corrected chi connectivity index (χ0v) is 9.35. The number of hydrogen-bond acceptors (Lipinski definition) is 2. The number of aromatic amines is 1. The van der Waals surface area contributed by atoms with Gasteiger partial charge in [-0.15, -0.1) is 0 Å². The van der Waals surface area contributed by atoms with Gasteiger partial charge in [0.2, 0.25) is 0 Å². The summed E-state index contributed by atoms with van der Waals surface area (Å²) in [6.45, 7) is 3.80. The Morgan fingerprint density at radius 1 is 1.47 bits per heavy atom. The van der Waals surface area contributed by atoms with Crippen molar-refractivity contribution in [3.05, 3.63) is 38.9 Å². The molecule has 0 atom stereocenters. The SMILES string of the molecule is CCc1nc2cc(Cl)cc(C)c2c(=O)[nH]1. The minimum atomic E-state index is -0.0917. The van der Waals surface area contributed by atoms with Gasteiger partial charge in [0.1, 0.15) is 5.82 Å². The van der Waals surface area contributed by atoms with Gasteiger partial charge < -0.3 is 4.98 Å². The number of halogens is 1. The van der Waals surface area contributed by atoms with E-state index in [4.69, 9.17) is 11.6 Å². The summed E-state index contributed by atoms with van der Waals surface area (Å²) in [5.41, 5.74) is 1.43. The average Bonchev–Trinajstić information content (AvgIpc) is 2.15. The Kier molecular flexibility index (Phi) is 2.49. The molecule has 0 bridgehead atoms. The van der Waals surface area contributed by atoms with Gasteiger partial charge in [-0.25, -0.2) is 4.98 Å². The fourth-order valence-corrected chi connectivity index (χ4v) is 1.91. The van der Waals surface area contributed by atoms with Crippen molar-refractivity contribution < 1.29 is 0 Å². The minimum Gasteiger partial charge on any atom is -0.310 e. The molecule has 0 aliphatic heterocycles. The van der Waals surface area contributed by atoms with Crippen LogP contribution in [0.15, 0.2) is 16.9 Å². The third kappa shape index (κ3) is 1.75. The molecule has 0 spiro atoms. The van der Waals surface area contributed by atoms with Gasteiger partial charge in [0, 0.05) is 11.4 Å². The molecule has 0 aliphatic carbocycles. The lowest BCUT2D eigenvalue weighted by molar-refractivity contribution is 0.943. The van der Waals surface area contributed by atoms with Crippen LogP contribution in [0, 0.1) is 6.92 Å². The normalized spacial score (nSPS) is 10.9. The minimum absolute atomic E-state index is 0.0917. The first-order valence-corrected chi connectivity index (χ1v) is 5.18. The van der Waals surface area contributed by atoms with E-state index < -0.39 is 0 Å². The molecule has 3 nitrogen and oxygen atoms in total. The Hall–Kier alpha value is -1.35. The van der Waals surface area contributed by atoms with Gasteiger partial charge in [-0.05, 0) is 24.6 Å². The van der Waals surface area contributed by atoms with Gasteiger partial charge in [0.05, 0.1) is 10.9 Å². The first-order chi connectivity index (χ1) is 7.11. The molecule has 1 aromatic carbocycles. The van der Waals surface area contributed by atoms with E-state index in [1.54, 1.807) is 12.1 Å². The fourth-order valence-electron chi connectivity index (χ4n) is 1.64. The second kappa shape index (κ2) is 3.66. The largest absolute Gasteiger partial charge is 0.310 e. The van der Waals surface area contributed by atoms with Crippen molar-refractivity contribution in [1.82, 2.24) is 9.97 Å². The van der Waals surface area contributed by atoms with Crippen molar-refractivity contribution in [3.8, 4) is 0 Å². The molecule has 2 aromatic rings.